The van der Waals surface area contributed by atoms with E-state index in [9.17, 15) is 9.59 Å². The second-order valence-electron chi connectivity index (χ2n) is 8.94. The number of benzene rings is 1. The lowest BCUT2D eigenvalue weighted by Crippen LogP contribution is -2.26. The molecule has 4 rings (SSSR count). The van der Waals surface area contributed by atoms with Gasteiger partial charge in [-0.05, 0) is 49.8 Å². The lowest BCUT2D eigenvalue weighted by Gasteiger charge is -2.21. The summed E-state index contributed by atoms with van der Waals surface area (Å²) in [5.41, 5.74) is 3.35. The van der Waals surface area contributed by atoms with Crippen molar-refractivity contribution in [3.8, 4) is 5.88 Å². The second-order valence-corrected chi connectivity index (χ2v) is 9.73. The van der Waals surface area contributed by atoms with E-state index >= 15 is 0 Å². The van der Waals surface area contributed by atoms with Gasteiger partial charge in [0.2, 0.25) is 11.7 Å². The van der Waals surface area contributed by atoms with Crippen LogP contribution >= 0.6 is 23.2 Å². The molecule has 0 bridgehead atoms. The fraction of sp³-hybridized carbons (Fsp3) is 0.423. The molecule has 33 heavy (non-hydrogen) atoms. The second kappa shape index (κ2) is 9.47. The summed E-state index contributed by atoms with van der Waals surface area (Å²) in [4.78, 5) is 26.6. The molecule has 7 heteroatoms. The quantitative estimate of drug-likeness (QED) is 0.422. The molecule has 2 aromatic rings. The van der Waals surface area contributed by atoms with E-state index in [2.05, 4.69) is 11.2 Å². The molecule has 1 aromatic heterocycles. The molecule has 1 saturated carbocycles. The van der Waals surface area contributed by atoms with Gasteiger partial charge in [-0.15, -0.1) is 0 Å². The van der Waals surface area contributed by atoms with E-state index in [-0.39, 0.29) is 35.9 Å². The molecule has 0 N–H and O–H groups in total. The number of carbonyl (C=O) groups is 2. The zero-order valence-corrected chi connectivity index (χ0v) is 20.8. The van der Waals surface area contributed by atoms with Crippen molar-refractivity contribution < 1.29 is 14.3 Å². The average Bonchev–Trinajstić information content (AvgIpc) is 3.55. The summed E-state index contributed by atoms with van der Waals surface area (Å²) < 4.78 is 7.54. The number of hydrogen-bond donors (Lipinski definition) is 0. The Morgan fingerprint density at radius 1 is 1.24 bits per heavy atom. The van der Waals surface area contributed by atoms with Gasteiger partial charge in [-0.25, -0.2) is 4.68 Å². The topological polar surface area (TPSA) is 61.2 Å². The van der Waals surface area contributed by atoms with Crippen molar-refractivity contribution in [2.24, 2.45) is 18.9 Å². The maximum Gasteiger partial charge on any atom is 0.223 e. The number of rotatable bonds is 8. The van der Waals surface area contributed by atoms with Crippen molar-refractivity contribution in [1.29, 1.82) is 0 Å². The van der Waals surface area contributed by atoms with E-state index in [0.29, 0.717) is 39.2 Å². The smallest absolute Gasteiger partial charge is 0.223 e. The molecule has 2 aliphatic carbocycles. The van der Waals surface area contributed by atoms with Crippen LogP contribution in [0.5, 0.6) is 5.88 Å². The minimum absolute atomic E-state index is 0.0344. The molecule has 2 atom stereocenters. The lowest BCUT2D eigenvalue weighted by molar-refractivity contribution is -0.124. The summed E-state index contributed by atoms with van der Waals surface area (Å²) in [5, 5.41) is 5.48. The SMILES string of the molecule is CCc1c(Cl)ccc(C(=O)c2c(C3CC3)nn(C)c2OCC(=O)C2C=CC(C)=CC2C)c1Cl. The molecule has 1 fully saturated rings. The third-order valence-electron chi connectivity index (χ3n) is 6.38. The molecule has 5 nitrogen and oxygen atoms in total. The van der Waals surface area contributed by atoms with Gasteiger partial charge in [0.25, 0.3) is 0 Å². The molecule has 174 valence electrons. The van der Waals surface area contributed by atoms with Gasteiger partial charge in [-0.3, -0.25) is 9.59 Å². The Morgan fingerprint density at radius 3 is 2.61 bits per heavy atom. The Morgan fingerprint density at radius 2 is 1.97 bits per heavy atom. The molecule has 0 amide bonds. The lowest BCUT2D eigenvalue weighted by atomic mass is 9.85. The Kier molecular flexibility index (Phi) is 6.83. The average molecular weight is 487 g/mol. The third kappa shape index (κ3) is 4.67. The van der Waals surface area contributed by atoms with Crippen LogP contribution in [0.25, 0.3) is 0 Å². The highest BCUT2D eigenvalue weighted by atomic mass is 35.5. The molecule has 0 spiro atoms. The third-order valence-corrected chi connectivity index (χ3v) is 7.16. The van der Waals surface area contributed by atoms with Crippen LogP contribution in [-0.4, -0.2) is 28.0 Å². The fourth-order valence-corrected chi connectivity index (χ4v) is 5.15. The van der Waals surface area contributed by atoms with Gasteiger partial charge in [0, 0.05) is 29.5 Å². The highest BCUT2D eigenvalue weighted by molar-refractivity contribution is 6.39. The van der Waals surface area contributed by atoms with Crippen LogP contribution in [0.1, 0.15) is 66.7 Å². The van der Waals surface area contributed by atoms with Crippen LogP contribution in [0, 0.1) is 11.8 Å². The van der Waals surface area contributed by atoms with E-state index in [1.165, 1.54) is 0 Å². The number of ketones is 2. The van der Waals surface area contributed by atoms with E-state index in [1.54, 1.807) is 23.9 Å². The van der Waals surface area contributed by atoms with Gasteiger partial charge in [-0.1, -0.05) is 60.9 Å². The number of hydrogen-bond acceptors (Lipinski definition) is 4. The van der Waals surface area contributed by atoms with Crippen molar-refractivity contribution in [1.82, 2.24) is 9.78 Å². The zero-order chi connectivity index (χ0) is 23.9. The molecular weight excluding hydrogens is 459 g/mol. The van der Waals surface area contributed by atoms with E-state index < -0.39 is 0 Å². The Balaban J connectivity index is 1.65. The molecule has 1 aromatic carbocycles. The molecular formula is C26H28Cl2N2O3. The van der Waals surface area contributed by atoms with Crippen molar-refractivity contribution in [3.63, 3.8) is 0 Å². The van der Waals surface area contributed by atoms with Crippen LogP contribution in [0.15, 0.2) is 35.9 Å². The van der Waals surface area contributed by atoms with E-state index in [0.717, 1.165) is 24.0 Å². The standard InChI is InChI=1S/C26H28Cl2N2O3/c1-5-17-20(27)11-10-19(23(17)28)25(32)22-24(16-7-8-16)29-30(4)26(22)33-13-21(31)18-9-6-14(2)12-15(18)3/h6,9-12,15-16,18H,5,7-8,13H2,1-4H3. The molecule has 2 unspecified atom stereocenters. The summed E-state index contributed by atoms with van der Waals surface area (Å²) in [7, 11) is 1.73. The number of Topliss-reactive ketones (excluding diaryl/α,β-unsaturated/α-hetero) is 1. The van der Waals surface area contributed by atoms with Crippen LogP contribution in [0.2, 0.25) is 10.0 Å². The molecule has 0 aliphatic heterocycles. The van der Waals surface area contributed by atoms with Gasteiger partial charge < -0.3 is 4.74 Å². The highest BCUT2D eigenvalue weighted by Crippen LogP contribution is 2.44. The number of aromatic nitrogens is 2. The number of nitrogens with zero attached hydrogens (tertiary/aromatic N) is 2. The fourth-order valence-electron chi connectivity index (χ4n) is 4.42. The molecule has 0 saturated heterocycles. The normalized spacial score (nSPS) is 20.0. The summed E-state index contributed by atoms with van der Waals surface area (Å²) in [6.45, 7) is 5.85. The van der Waals surface area contributed by atoms with Gasteiger partial charge in [0.15, 0.2) is 5.78 Å². The minimum Gasteiger partial charge on any atom is -0.469 e. The number of halogens is 2. The highest BCUT2D eigenvalue weighted by Gasteiger charge is 2.36. The first kappa shape index (κ1) is 23.8. The van der Waals surface area contributed by atoms with Crippen LogP contribution in [0.3, 0.4) is 0 Å². The summed E-state index contributed by atoms with van der Waals surface area (Å²) in [6, 6.07) is 3.34. The molecule has 0 radical (unpaired) electrons. The maximum atomic E-state index is 13.7. The first-order chi connectivity index (χ1) is 15.7. The predicted octanol–water partition coefficient (Wildman–Crippen LogP) is 6.11. The summed E-state index contributed by atoms with van der Waals surface area (Å²) in [6.07, 6.45) is 8.53. The number of allylic oxidation sites excluding steroid dienone is 4. The molecule has 2 aliphatic rings. The summed E-state index contributed by atoms with van der Waals surface area (Å²) >= 11 is 12.9. The maximum absolute atomic E-state index is 13.7. The van der Waals surface area contributed by atoms with Gasteiger partial charge >= 0.3 is 0 Å². The molecule has 1 heterocycles. The van der Waals surface area contributed by atoms with Gasteiger partial charge in [0.05, 0.1) is 10.7 Å². The zero-order valence-electron chi connectivity index (χ0n) is 19.3. The van der Waals surface area contributed by atoms with Crippen LogP contribution in [0.4, 0.5) is 0 Å². The van der Waals surface area contributed by atoms with E-state index in [4.69, 9.17) is 27.9 Å². The van der Waals surface area contributed by atoms with Crippen LogP contribution in [-0.2, 0) is 18.3 Å². The number of ether oxygens (including phenoxy) is 1. The van der Waals surface area contributed by atoms with Crippen molar-refractivity contribution in [3.05, 3.63) is 68.4 Å². The number of carbonyl (C=O) groups excluding carboxylic acids is 2. The Hall–Kier alpha value is -2.37. The van der Waals surface area contributed by atoms with Crippen molar-refractivity contribution >= 4 is 34.8 Å². The van der Waals surface area contributed by atoms with E-state index in [1.807, 2.05) is 32.9 Å². The monoisotopic (exact) mass is 486 g/mol. The van der Waals surface area contributed by atoms with Gasteiger partial charge in [-0.2, -0.15) is 5.10 Å². The minimum atomic E-state index is -0.256. The predicted molar refractivity (Wildman–Crippen MR) is 131 cm³/mol. The van der Waals surface area contributed by atoms with Crippen LogP contribution < -0.4 is 4.74 Å². The van der Waals surface area contributed by atoms with Gasteiger partial charge in [0.1, 0.15) is 12.2 Å². The summed E-state index contributed by atoms with van der Waals surface area (Å²) in [5.74, 6) is 0.0805. The van der Waals surface area contributed by atoms with Crippen molar-refractivity contribution in [2.75, 3.05) is 6.61 Å². The first-order valence-corrected chi connectivity index (χ1v) is 12.1. The van der Waals surface area contributed by atoms with Crippen molar-refractivity contribution in [2.45, 2.75) is 46.0 Å². The largest absolute Gasteiger partial charge is 0.469 e. The number of aryl methyl sites for hydroxylation is 1. The Bertz CT molecular complexity index is 1170. The first-order valence-electron chi connectivity index (χ1n) is 11.3. The Labute approximate surface area is 204 Å².